The third-order valence-corrected chi connectivity index (χ3v) is 4.09. The summed E-state index contributed by atoms with van der Waals surface area (Å²) in [5, 5.41) is 2.47. The van der Waals surface area contributed by atoms with Gasteiger partial charge in [-0.05, 0) is 43.3 Å². The Balaban J connectivity index is 1.67. The van der Waals surface area contributed by atoms with Crippen LogP contribution < -0.4 is 15.0 Å². The van der Waals surface area contributed by atoms with Gasteiger partial charge >= 0.3 is 0 Å². The average Bonchev–Trinajstić information content (AvgIpc) is 2.97. The maximum atomic E-state index is 13.2. The van der Waals surface area contributed by atoms with E-state index < -0.39 is 23.5 Å². The van der Waals surface area contributed by atoms with Gasteiger partial charge in [0.05, 0.1) is 12.5 Å². The number of benzene rings is 2. The molecule has 0 unspecified atom stereocenters. The molecule has 26 heavy (non-hydrogen) atoms. The molecule has 0 bridgehead atoms. The fourth-order valence-corrected chi connectivity index (χ4v) is 2.89. The maximum Gasteiger partial charge on any atom is 0.229 e. The van der Waals surface area contributed by atoms with E-state index in [-0.39, 0.29) is 24.6 Å². The third kappa shape index (κ3) is 3.99. The Morgan fingerprint density at radius 3 is 2.46 bits per heavy atom. The van der Waals surface area contributed by atoms with Crippen molar-refractivity contribution in [2.24, 2.45) is 5.92 Å². The molecular formula is C19H18F2N2O3. The number of anilines is 2. The van der Waals surface area contributed by atoms with Gasteiger partial charge < -0.3 is 15.0 Å². The van der Waals surface area contributed by atoms with Gasteiger partial charge in [-0.25, -0.2) is 8.78 Å². The van der Waals surface area contributed by atoms with E-state index >= 15 is 0 Å². The molecule has 0 saturated carbocycles. The molecule has 1 atom stereocenters. The van der Waals surface area contributed by atoms with Gasteiger partial charge in [0.25, 0.3) is 0 Å². The van der Waals surface area contributed by atoms with Crippen LogP contribution in [0.3, 0.4) is 0 Å². The zero-order valence-corrected chi connectivity index (χ0v) is 14.2. The van der Waals surface area contributed by atoms with E-state index in [9.17, 15) is 18.4 Å². The summed E-state index contributed by atoms with van der Waals surface area (Å²) in [5.41, 5.74) is 0.699. The zero-order chi connectivity index (χ0) is 18.7. The SMILES string of the molecule is CCOc1ccc(N2C[C@H](C(=O)Nc3cc(F)cc(F)c3)CC2=O)cc1. The van der Waals surface area contributed by atoms with Crippen LogP contribution in [0.1, 0.15) is 13.3 Å². The van der Waals surface area contributed by atoms with E-state index in [0.717, 1.165) is 18.2 Å². The summed E-state index contributed by atoms with van der Waals surface area (Å²) in [6.07, 6.45) is 0.0385. The molecule has 1 fully saturated rings. The monoisotopic (exact) mass is 360 g/mol. The predicted molar refractivity (Wildman–Crippen MR) is 93.1 cm³/mol. The Morgan fingerprint density at radius 2 is 1.85 bits per heavy atom. The highest BCUT2D eigenvalue weighted by atomic mass is 19.1. The normalized spacial score (nSPS) is 16.7. The van der Waals surface area contributed by atoms with Crippen LogP contribution in [-0.2, 0) is 9.59 Å². The van der Waals surface area contributed by atoms with Gasteiger partial charge in [-0.2, -0.15) is 0 Å². The van der Waals surface area contributed by atoms with E-state index in [4.69, 9.17) is 4.74 Å². The standard InChI is InChI=1S/C19H18F2N2O3/c1-2-26-17-5-3-16(4-6-17)23-11-12(7-18(23)24)19(25)22-15-9-13(20)8-14(21)10-15/h3-6,8-10,12H,2,7,11H2,1H3,(H,22,25)/t12-/m1/s1. The zero-order valence-electron chi connectivity index (χ0n) is 14.2. The minimum absolute atomic E-state index is 0.0273. The predicted octanol–water partition coefficient (Wildman–Crippen LogP) is 3.36. The molecule has 1 N–H and O–H groups in total. The van der Waals surface area contributed by atoms with Crippen molar-refractivity contribution in [3.63, 3.8) is 0 Å². The highest BCUT2D eigenvalue weighted by Gasteiger charge is 2.35. The highest BCUT2D eigenvalue weighted by Crippen LogP contribution is 2.27. The summed E-state index contributed by atoms with van der Waals surface area (Å²) in [4.78, 5) is 26.1. The number of carbonyl (C=O) groups is 2. The molecule has 136 valence electrons. The maximum absolute atomic E-state index is 13.2. The smallest absolute Gasteiger partial charge is 0.229 e. The highest BCUT2D eigenvalue weighted by molar-refractivity contribution is 6.03. The van der Waals surface area contributed by atoms with Crippen LogP contribution in [0, 0.1) is 17.6 Å². The van der Waals surface area contributed by atoms with Gasteiger partial charge in [0.1, 0.15) is 17.4 Å². The number of amides is 2. The molecule has 5 nitrogen and oxygen atoms in total. The molecule has 1 aliphatic heterocycles. The first-order chi connectivity index (χ1) is 12.5. The number of hydrogen-bond donors (Lipinski definition) is 1. The first-order valence-corrected chi connectivity index (χ1v) is 8.26. The number of rotatable bonds is 5. The van der Waals surface area contributed by atoms with Gasteiger partial charge in [0.2, 0.25) is 11.8 Å². The third-order valence-electron chi connectivity index (χ3n) is 4.09. The van der Waals surface area contributed by atoms with Crippen LogP contribution in [-0.4, -0.2) is 25.0 Å². The van der Waals surface area contributed by atoms with Crippen molar-refractivity contribution < 1.29 is 23.1 Å². The number of ether oxygens (including phenoxy) is 1. The van der Waals surface area contributed by atoms with Gasteiger partial charge in [0.15, 0.2) is 0 Å². The Labute approximate surface area is 149 Å². The van der Waals surface area contributed by atoms with Crippen LogP contribution in [0.15, 0.2) is 42.5 Å². The average molecular weight is 360 g/mol. The summed E-state index contributed by atoms with van der Waals surface area (Å²) < 4.78 is 31.8. The molecular weight excluding hydrogens is 342 g/mol. The molecule has 0 radical (unpaired) electrons. The van der Waals surface area contributed by atoms with Crippen molar-refractivity contribution >= 4 is 23.2 Å². The molecule has 7 heteroatoms. The summed E-state index contributed by atoms with van der Waals surface area (Å²) >= 11 is 0. The van der Waals surface area contributed by atoms with E-state index in [1.807, 2.05) is 6.92 Å². The summed E-state index contributed by atoms with van der Waals surface area (Å²) in [7, 11) is 0. The molecule has 0 aromatic heterocycles. The molecule has 2 amide bonds. The Bertz CT molecular complexity index is 804. The largest absolute Gasteiger partial charge is 0.494 e. The van der Waals surface area contributed by atoms with Gasteiger partial charge in [-0.1, -0.05) is 0 Å². The fourth-order valence-electron chi connectivity index (χ4n) is 2.89. The van der Waals surface area contributed by atoms with Crippen LogP contribution >= 0.6 is 0 Å². The van der Waals surface area contributed by atoms with Crippen molar-refractivity contribution in [3.8, 4) is 5.75 Å². The van der Waals surface area contributed by atoms with Crippen molar-refractivity contribution in [3.05, 3.63) is 54.1 Å². The molecule has 0 aliphatic carbocycles. The molecule has 2 aromatic carbocycles. The first kappa shape index (κ1) is 17.8. The minimum Gasteiger partial charge on any atom is -0.494 e. The van der Waals surface area contributed by atoms with Crippen molar-refractivity contribution in [1.29, 1.82) is 0 Å². The lowest BCUT2D eigenvalue weighted by Gasteiger charge is -2.17. The Kier molecular flexibility index (Phi) is 5.16. The molecule has 2 aromatic rings. The lowest BCUT2D eigenvalue weighted by Crippen LogP contribution is -2.28. The molecule has 1 heterocycles. The number of carbonyl (C=O) groups excluding carboxylic acids is 2. The van der Waals surface area contributed by atoms with Gasteiger partial charge in [-0.3, -0.25) is 9.59 Å². The second-order valence-electron chi connectivity index (χ2n) is 5.98. The van der Waals surface area contributed by atoms with E-state index in [1.54, 1.807) is 24.3 Å². The Morgan fingerprint density at radius 1 is 1.19 bits per heavy atom. The van der Waals surface area contributed by atoms with Gasteiger partial charge in [0, 0.05) is 30.4 Å². The van der Waals surface area contributed by atoms with Crippen LogP contribution in [0.4, 0.5) is 20.2 Å². The van der Waals surface area contributed by atoms with E-state index in [2.05, 4.69) is 5.32 Å². The lowest BCUT2D eigenvalue weighted by molar-refractivity contribution is -0.122. The van der Waals surface area contributed by atoms with Gasteiger partial charge in [-0.15, -0.1) is 0 Å². The van der Waals surface area contributed by atoms with E-state index in [1.165, 1.54) is 4.90 Å². The van der Waals surface area contributed by atoms with Crippen molar-refractivity contribution in [1.82, 2.24) is 0 Å². The topological polar surface area (TPSA) is 58.6 Å². The molecule has 1 aliphatic rings. The number of nitrogens with one attached hydrogen (secondary N) is 1. The van der Waals surface area contributed by atoms with Crippen LogP contribution in [0.25, 0.3) is 0 Å². The summed E-state index contributed by atoms with van der Waals surface area (Å²) in [6, 6.07) is 9.81. The minimum atomic E-state index is -0.779. The molecule has 3 rings (SSSR count). The molecule has 1 saturated heterocycles. The quantitative estimate of drug-likeness (QED) is 0.890. The molecule has 0 spiro atoms. The van der Waals surface area contributed by atoms with Crippen LogP contribution in [0.2, 0.25) is 0 Å². The number of hydrogen-bond acceptors (Lipinski definition) is 3. The number of halogens is 2. The lowest BCUT2D eigenvalue weighted by atomic mass is 10.1. The first-order valence-electron chi connectivity index (χ1n) is 8.26. The fraction of sp³-hybridized carbons (Fsp3) is 0.263. The number of nitrogens with zero attached hydrogens (tertiary/aromatic N) is 1. The Hall–Kier alpha value is -2.96. The van der Waals surface area contributed by atoms with Crippen molar-refractivity contribution in [2.75, 3.05) is 23.4 Å². The summed E-state index contributed by atoms with van der Waals surface area (Å²) in [5.74, 6) is -2.08. The van der Waals surface area contributed by atoms with Crippen molar-refractivity contribution in [2.45, 2.75) is 13.3 Å². The van der Waals surface area contributed by atoms with Crippen LogP contribution in [0.5, 0.6) is 5.75 Å². The van der Waals surface area contributed by atoms with E-state index in [0.29, 0.717) is 18.0 Å². The second kappa shape index (κ2) is 7.51. The second-order valence-corrected chi connectivity index (χ2v) is 5.98. The summed E-state index contributed by atoms with van der Waals surface area (Å²) in [6.45, 7) is 2.63.